The minimum absolute atomic E-state index is 0.0237. The SMILES string of the molecule is CSC(=NC=C(C#N)C#N)SC. The molecule has 0 aliphatic rings. The van der Waals surface area contributed by atoms with Crippen molar-refractivity contribution < 1.29 is 0 Å². The molecular weight excluding hydrogens is 190 g/mol. The molecule has 0 aromatic rings. The Hall–Kier alpha value is -0.910. The molecule has 12 heavy (non-hydrogen) atoms. The van der Waals surface area contributed by atoms with Crippen LogP contribution in [0.5, 0.6) is 0 Å². The zero-order valence-electron chi connectivity index (χ0n) is 6.74. The van der Waals surface area contributed by atoms with Crippen LogP contribution in [0.15, 0.2) is 16.8 Å². The van der Waals surface area contributed by atoms with Gasteiger partial charge in [-0.15, -0.1) is 23.5 Å². The number of aliphatic imine (C=N–C) groups is 1. The largest absolute Gasteiger partial charge is 0.241 e. The van der Waals surface area contributed by atoms with Crippen LogP contribution < -0.4 is 0 Å². The Bertz CT molecular complexity index is 258. The van der Waals surface area contributed by atoms with Crippen molar-refractivity contribution in [2.24, 2.45) is 4.99 Å². The predicted molar refractivity (Wildman–Crippen MR) is 53.8 cm³/mol. The highest BCUT2D eigenvalue weighted by molar-refractivity contribution is 8.38. The van der Waals surface area contributed by atoms with Crippen LogP contribution in [-0.4, -0.2) is 16.9 Å². The van der Waals surface area contributed by atoms with Crippen molar-refractivity contribution in [1.29, 1.82) is 10.5 Å². The van der Waals surface area contributed by atoms with Crippen molar-refractivity contribution in [2.45, 2.75) is 0 Å². The monoisotopic (exact) mass is 197 g/mol. The molecule has 0 N–H and O–H groups in total. The topological polar surface area (TPSA) is 59.9 Å². The Morgan fingerprint density at radius 1 is 1.25 bits per heavy atom. The second kappa shape index (κ2) is 6.78. The molecule has 0 aromatic heterocycles. The van der Waals surface area contributed by atoms with Gasteiger partial charge < -0.3 is 0 Å². The standard InChI is InChI=1S/C7H7N3S2/c1-11-7(12-2)10-5-6(3-8)4-9/h5H,1-2H3. The summed E-state index contributed by atoms with van der Waals surface area (Å²) in [6.45, 7) is 0. The maximum Gasteiger partial charge on any atom is 0.147 e. The van der Waals surface area contributed by atoms with Gasteiger partial charge in [0.25, 0.3) is 0 Å². The van der Waals surface area contributed by atoms with Crippen molar-refractivity contribution in [3.63, 3.8) is 0 Å². The van der Waals surface area contributed by atoms with Crippen LogP contribution in [0.1, 0.15) is 0 Å². The molecule has 0 bridgehead atoms. The minimum Gasteiger partial charge on any atom is -0.241 e. The third-order valence-electron chi connectivity index (χ3n) is 0.889. The second-order valence-corrected chi connectivity index (χ2v) is 3.42. The van der Waals surface area contributed by atoms with Gasteiger partial charge in [-0.05, 0) is 12.5 Å². The summed E-state index contributed by atoms with van der Waals surface area (Å²) in [7, 11) is 0. The summed E-state index contributed by atoms with van der Waals surface area (Å²) in [6, 6.07) is 3.46. The van der Waals surface area contributed by atoms with Gasteiger partial charge in [0.1, 0.15) is 22.1 Å². The van der Waals surface area contributed by atoms with Crippen LogP contribution in [0.25, 0.3) is 0 Å². The summed E-state index contributed by atoms with van der Waals surface area (Å²) in [5, 5.41) is 16.7. The molecule has 0 unspecified atom stereocenters. The van der Waals surface area contributed by atoms with Crippen molar-refractivity contribution in [1.82, 2.24) is 0 Å². The molecule has 0 aromatic carbocycles. The molecule has 0 fully saturated rings. The molecule has 0 radical (unpaired) electrons. The number of hydrogen-bond donors (Lipinski definition) is 0. The third-order valence-corrected chi connectivity index (χ3v) is 2.80. The first-order chi connectivity index (χ1) is 5.78. The number of rotatable bonds is 1. The fourth-order valence-electron chi connectivity index (χ4n) is 0.389. The van der Waals surface area contributed by atoms with Crippen LogP contribution in [-0.2, 0) is 0 Å². The number of thioether (sulfide) groups is 2. The van der Waals surface area contributed by atoms with Crippen molar-refractivity contribution in [3.8, 4) is 12.1 Å². The van der Waals surface area contributed by atoms with Crippen LogP contribution >= 0.6 is 23.5 Å². The van der Waals surface area contributed by atoms with Gasteiger partial charge in [0.15, 0.2) is 0 Å². The van der Waals surface area contributed by atoms with Gasteiger partial charge in [-0.1, -0.05) is 0 Å². The van der Waals surface area contributed by atoms with E-state index < -0.39 is 0 Å². The van der Waals surface area contributed by atoms with Crippen LogP contribution in [0.4, 0.5) is 0 Å². The highest BCUT2D eigenvalue weighted by Gasteiger charge is 1.92. The number of nitriles is 2. The van der Waals surface area contributed by atoms with E-state index in [9.17, 15) is 0 Å². The van der Waals surface area contributed by atoms with Gasteiger partial charge >= 0.3 is 0 Å². The van der Waals surface area contributed by atoms with E-state index in [-0.39, 0.29) is 5.57 Å². The van der Waals surface area contributed by atoms with Gasteiger partial charge in [0.2, 0.25) is 0 Å². The lowest BCUT2D eigenvalue weighted by Crippen LogP contribution is -1.80. The number of nitrogens with zero attached hydrogens (tertiary/aromatic N) is 3. The first kappa shape index (κ1) is 11.1. The molecule has 0 aliphatic carbocycles. The Morgan fingerprint density at radius 2 is 1.75 bits per heavy atom. The van der Waals surface area contributed by atoms with Crippen molar-refractivity contribution in [2.75, 3.05) is 12.5 Å². The molecule has 0 heterocycles. The van der Waals surface area contributed by atoms with E-state index in [0.29, 0.717) is 0 Å². The maximum atomic E-state index is 8.36. The van der Waals surface area contributed by atoms with Gasteiger partial charge in [-0.25, -0.2) is 4.99 Å². The second-order valence-electron chi connectivity index (χ2n) is 1.57. The van der Waals surface area contributed by atoms with Gasteiger partial charge in [0.05, 0.1) is 6.20 Å². The summed E-state index contributed by atoms with van der Waals surface area (Å²) in [5.41, 5.74) is 0.0237. The van der Waals surface area contributed by atoms with Crippen LogP contribution in [0.2, 0.25) is 0 Å². The Labute approximate surface area is 80.2 Å². The fourth-order valence-corrected chi connectivity index (χ4v) is 1.37. The Kier molecular flexibility index (Phi) is 6.26. The van der Waals surface area contributed by atoms with Gasteiger partial charge in [0, 0.05) is 0 Å². The number of allylic oxidation sites excluding steroid dienone is 1. The highest BCUT2D eigenvalue weighted by Crippen LogP contribution is 2.11. The molecular formula is C7H7N3S2. The number of hydrogen-bond acceptors (Lipinski definition) is 5. The quantitative estimate of drug-likeness (QED) is 0.366. The zero-order chi connectivity index (χ0) is 9.40. The molecule has 0 aliphatic heterocycles. The predicted octanol–water partition coefficient (Wildman–Crippen LogP) is 2.00. The Morgan fingerprint density at radius 3 is 2.08 bits per heavy atom. The van der Waals surface area contributed by atoms with E-state index in [4.69, 9.17) is 10.5 Å². The molecule has 62 valence electrons. The summed E-state index contributed by atoms with van der Waals surface area (Å²) < 4.78 is 0.831. The highest BCUT2D eigenvalue weighted by atomic mass is 32.2. The lowest BCUT2D eigenvalue weighted by molar-refractivity contribution is 1.43. The lowest BCUT2D eigenvalue weighted by atomic mass is 10.4. The van der Waals surface area contributed by atoms with E-state index in [1.165, 1.54) is 29.7 Å². The molecule has 0 amide bonds. The fraction of sp³-hybridized carbons (Fsp3) is 0.286. The Balaban J connectivity index is 4.47. The first-order valence-electron chi connectivity index (χ1n) is 2.94. The van der Waals surface area contributed by atoms with Crippen molar-refractivity contribution in [3.05, 3.63) is 11.8 Å². The third kappa shape index (κ3) is 4.07. The van der Waals surface area contributed by atoms with Crippen molar-refractivity contribution >= 4 is 27.9 Å². The zero-order valence-corrected chi connectivity index (χ0v) is 8.37. The molecule has 0 rings (SSSR count). The normalized spacial score (nSPS) is 7.67. The summed E-state index contributed by atoms with van der Waals surface area (Å²) in [5.74, 6) is 0. The first-order valence-corrected chi connectivity index (χ1v) is 5.39. The smallest absolute Gasteiger partial charge is 0.147 e. The molecule has 0 atom stereocenters. The summed E-state index contributed by atoms with van der Waals surface area (Å²) in [6.07, 6.45) is 5.06. The van der Waals surface area contributed by atoms with Crippen LogP contribution in [0.3, 0.4) is 0 Å². The average molecular weight is 197 g/mol. The average Bonchev–Trinajstić information content (AvgIpc) is 2.13. The molecule has 3 nitrogen and oxygen atoms in total. The van der Waals surface area contributed by atoms with E-state index in [1.54, 1.807) is 12.1 Å². The van der Waals surface area contributed by atoms with E-state index in [2.05, 4.69) is 4.99 Å². The molecule has 0 spiro atoms. The van der Waals surface area contributed by atoms with E-state index in [0.717, 1.165) is 4.38 Å². The molecule has 0 saturated carbocycles. The minimum atomic E-state index is 0.0237. The maximum absolute atomic E-state index is 8.36. The van der Waals surface area contributed by atoms with Gasteiger partial charge in [-0.3, -0.25) is 0 Å². The van der Waals surface area contributed by atoms with E-state index >= 15 is 0 Å². The van der Waals surface area contributed by atoms with E-state index in [1.807, 2.05) is 12.5 Å². The molecule has 5 heteroatoms. The van der Waals surface area contributed by atoms with Crippen LogP contribution in [0, 0.1) is 22.7 Å². The summed E-state index contributed by atoms with van der Waals surface area (Å²) in [4.78, 5) is 3.94. The molecule has 0 saturated heterocycles. The lowest BCUT2D eigenvalue weighted by Gasteiger charge is -1.92. The summed E-state index contributed by atoms with van der Waals surface area (Å²) >= 11 is 2.96. The van der Waals surface area contributed by atoms with Gasteiger partial charge in [-0.2, -0.15) is 10.5 Å².